The molecule has 0 saturated carbocycles. The predicted octanol–water partition coefficient (Wildman–Crippen LogP) is 2.73. The minimum Gasteiger partial charge on any atom is -0.379 e. The van der Waals surface area contributed by atoms with Gasteiger partial charge in [0.05, 0.1) is 12.6 Å². The van der Waals surface area contributed by atoms with Gasteiger partial charge in [0.2, 0.25) is 0 Å². The molecule has 1 saturated heterocycles. The molecule has 2 aliphatic heterocycles. The van der Waals surface area contributed by atoms with Gasteiger partial charge in [0.1, 0.15) is 0 Å². The molecule has 23 heavy (non-hydrogen) atoms. The smallest absolute Gasteiger partial charge is 0.251 e. The first-order valence-electron chi connectivity index (χ1n) is 8.10. The molecule has 0 radical (unpaired) electrons. The third kappa shape index (κ3) is 2.94. The lowest BCUT2D eigenvalue weighted by Crippen LogP contribution is -2.34. The molecule has 2 aliphatic rings. The maximum atomic E-state index is 12.2. The monoisotopic (exact) mass is 308 g/mol. The highest BCUT2D eigenvalue weighted by Crippen LogP contribution is 2.28. The highest BCUT2D eigenvalue weighted by Gasteiger charge is 2.20. The van der Waals surface area contributed by atoms with E-state index < -0.39 is 0 Å². The van der Waals surface area contributed by atoms with Crippen molar-refractivity contribution >= 4 is 11.6 Å². The SMILES string of the molecule is O=C(N[C@H]1CCOC1)c1ccc(N2Cc3ccccc3C2)cc1. The second-order valence-electron chi connectivity index (χ2n) is 6.21. The van der Waals surface area contributed by atoms with Gasteiger partial charge in [-0.25, -0.2) is 0 Å². The van der Waals surface area contributed by atoms with Gasteiger partial charge in [0.25, 0.3) is 5.91 Å². The molecule has 0 aromatic heterocycles. The van der Waals surface area contributed by atoms with E-state index in [4.69, 9.17) is 4.74 Å². The molecule has 4 heteroatoms. The van der Waals surface area contributed by atoms with Crippen molar-refractivity contribution in [3.8, 4) is 0 Å². The summed E-state index contributed by atoms with van der Waals surface area (Å²) in [6.07, 6.45) is 0.899. The van der Waals surface area contributed by atoms with Gasteiger partial charge in [-0.3, -0.25) is 4.79 Å². The second-order valence-corrected chi connectivity index (χ2v) is 6.21. The van der Waals surface area contributed by atoms with Crippen molar-refractivity contribution in [2.24, 2.45) is 0 Å². The molecule has 0 unspecified atom stereocenters. The van der Waals surface area contributed by atoms with Crippen LogP contribution in [0.3, 0.4) is 0 Å². The van der Waals surface area contributed by atoms with E-state index in [1.807, 2.05) is 24.3 Å². The van der Waals surface area contributed by atoms with Crippen molar-refractivity contribution in [3.05, 3.63) is 65.2 Å². The van der Waals surface area contributed by atoms with Crippen LogP contribution in [0.1, 0.15) is 27.9 Å². The van der Waals surface area contributed by atoms with E-state index in [0.29, 0.717) is 12.2 Å². The summed E-state index contributed by atoms with van der Waals surface area (Å²) in [5, 5.41) is 3.02. The van der Waals surface area contributed by atoms with E-state index in [9.17, 15) is 4.79 Å². The zero-order valence-corrected chi connectivity index (χ0v) is 13.0. The molecule has 1 N–H and O–H groups in total. The molecule has 2 heterocycles. The first-order chi connectivity index (χ1) is 11.3. The van der Waals surface area contributed by atoms with Gasteiger partial charge in [-0.05, 0) is 41.8 Å². The summed E-state index contributed by atoms with van der Waals surface area (Å²) >= 11 is 0. The minimum atomic E-state index is -0.0169. The van der Waals surface area contributed by atoms with Crippen molar-refractivity contribution in [1.29, 1.82) is 0 Å². The summed E-state index contributed by atoms with van der Waals surface area (Å²) in [7, 11) is 0. The molecule has 1 amide bonds. The van der Waals surface area contributed by atoms with Crippen LogP contribution in [0.25, 0.3) is 0 Å². The van der Waals surface area contributed by atoms with Crippen LogP contribution in [0, 0.1) is 0 Å². The molecule has 1 atom stereocenters. The number of carbonyl (C=O) groups is 1. The van der Waals surface area contributed by atoms with Crippen LogP contribution in [0.15, 0.2) is 48.5 Å². The van der Waals surface area contributed by atoms with Gasteiger partial charge in [0, 0.05) is 30.9 Å². The number of ether oxygens (including phenoxy) is 1. The standard InChI is InChI=1S/C19H20N2O2/c22-19(20-17-9-10-23-13-17)14-5-7-18(8-6-14)21-11-15-3-1-2-4-16(15)12-21/h1-8,17H,9-13H2,(H,20,22)/t17-/m0/s1. The fourth-order valence-corrected chi connectivity index (χ4v) is 3.26. The number of hydrogen-bond acceptors (Lipinski definition) is 3. The Balaban J connectivity index is 1.43. The Labute approximate surface area is 136 Å². The lowest BCUT2D eigenvalue weighted by molar-refractivity contribution is 0.0930. The Morgan fingerprint density at radius 3 is 2.35 bits per heavy atom. The number of anilines is 1. The molecule has 0 bridgehead atoms. The summed E-state index contributed by atoms with van der Waals surface area (Å²) < 4.78 is 5.29. The van der Waals surface area contributed by atoms with Gasteiger partial charge in [-0.1, -0.05) is 24.3 Å². The number of nitrogens with zero attached hydrogens (tertiary/aromatic N) is 1. The van der Waals surface area contributed by atoms with Crippen LogP contribution in [0.4, 0.5) is 5.69 Å². The molecule has 2 aromatic rings. The number of nitrogens with one attached hydrogen (secondary N) is 1. The maximum absolute atomic E-state index is 12.2. The predicted molar refractivity (Wildman–Crippen MR) is 89.5 cm³/mol. The topological polar surface area (TPSA) is 41.6 Å². The first kappa shape index (κ1) is 14.3. The average Bonchev–Trinajstić information content (AvgIpc) is 3.24. The Morgan fingerprint density at radius 1 is 1.04 bits per heavy atom. The zero-order valence-electron chi connectivity index (χ0n) is 13.0. The van der Waals surface area contributed by atoms with E-state index in [-0.39, 0.29) is 11.9 Å². The van der Waals surface area contributed by atoms with Crippen LogP contribution in [-0.2, 0) is 17.8 Å². The summed E-state index contributed by atoms with van der Waals surface area (Å²) in [6, 6.07) is 16.6. The van der Waals surface area contributed by atoms with Gasteiger partial charge in [0.15, 0.2) is 0 Å². The molecule has 4 nitrogen and oxygen atoms in total. The molecule has 4 rings (SSSR count). The van der Waals surface area contributed by atoms with Crippen molar-refractivity contribution in [1.82, 2.24) is 5.32 Å². The minimum absolute atomic E-state index is 0.0169. The van der Waals surface area contributed by atoms with Crippen molar-refractivity contribution in [3.63, 3.8) is 0 Å². The second kappa shape index (κ2) is 6.05. The van der Waals surface area contributed by atoms with Gasteiger partial charge >= 0.3 is 0 Å². The normalized spacial score (nSPS) is 19.7. The summed E-state index contributed by atoms with van der Waals surface area (Å²) in [5.74, 6) is -0.0169. The van der Waals surface area contributed by atoms with Crippen LogP contribution in [0.5, 0.6) is 0 Å². The lowest BCUT2D eigenvalue weighted by atomic mass is 10.1. The molecular weight excluding hydrogens is 288 g/mol. The van der Waals surface area contributed by atoms with Crippen molar-refractivity contribution < 1.29 is 9.53 Å². The van der Waals surface area contributed by atoms with Crippen molar-refractivity contribution in [2.75, 3.05) is 18.1 Å². The maximum Gasteiger partial charge on any atom is 0.251 e. The lowest BCUT2D eigenvalue weighted by Gasteiger charge is -2.18. The fourth-order valence-electron chi connectivity index (χ4n) is 3.26. The first-order valence-corrected chi connectivity index (χ1v) is 8.10. The highest BCUT2D eigenvalue weighted by molar-refractivity contribution is 5.94. The number of fused-ring (bicyclic) bond motifs is 1. The number of amides is 1. The highest BCUT2D eigenvalue weighted by atomic mass is 16.5. The third-order valence-corrected chi connectivity index (χ3v) is 4.60. The molecule has 118 valence electrons. The number of benzene rings is 2. The van der Waals surface area contributed by atoms with E-state index >= 15 is 0 Å². The fraction of sp³-hybridized carbons (Fsp3) is 0.316. The zero-order chi connectivity index (χ0) is 15.6. The van der Waals surface area contributed by atoms with Gasteiger partial charge < -0.3 is 15.0 Å². The summed E-state index contributed by atoms with van der Waals surface area (Å²) in [6.45, 7) is 3.22. The Bertz CT molecular complexity index is 681. The number of hydrogen-bond donors (Lipinski definition) is 1. The van der Waals surface area contributed by atoms with Gasteiger partial charge in [-0.15, -0.1) is 0 Å². The van der Waals surface area contributed by atoms with E-state index in [0.717, 1.165) is 31.8 Å². The molecule has 0 spiro atoms. The Kier molecular flexibility index (Phi) is 3.75. The average molecular weight is 308 g/mol. The quantitative estimate of drug-likeness (QED) is 0.948. The van der Waals surface area contributed by atoms with E-state index in [1.165, 1.54) is 11.1 Å². The van der Waals surface area contributed by atoms with Crippen LogP contribution < -0.4 is 10.2 Å². The summed E-state index contributed by atoms with van der Waals surface area (Å²) in [4.78, 5) is 14.6. The molecular formula is C19H20N2O2. The van der Waals surface area contributed by atoms with Crippen molar-refractivity contribution in [2.45, 2.75) is 25.6 Å². The number of carbonyl (C=O) groups excluding carboxylic acids is 1. The molecule has 0 aliphatic carbocycles. The summed E-state index contributed by atoms with van der Waals surface area (Å²) in [5.41, 5.74) is 4.63. The Morgan fingerprint density at radius 2 is 1.74 bits per heavy atom. The van der Waals surface area contributed by atoms with Crippen LogP contribution >= 0.6 is 0 Å². The number of rotatable bonds is 3. The third-order valence-electron chi connectivity index (χ3n) is 4.60. The Hall–Kier alpha value is -2.33. The largest absolute Gasteiger partial charge is 0.379 e. The van der Waals surface area contributed by atoms with E-state index in [2.05, 4.69) is 34.5 Å². The van der Waals surface area contributed by atoms with E-state index in [1.54, 1.807) is 0 Å². The van der Waals surface area contributed by atoms with Crippen LogP contribution in [0.2, 0.25) is 0 Å². The molecule has 2 aromatic carbocycles. The molecule has 1 fully saturated rings. The van der Waals surface area contributed by atoms with Gasteiger partial charge in [-0.2, -0.15) is 0 Å². The van der Waals surface area contributed by atoms with Crippen LogP contribution in [-0.4, -0.2) is 25.2 Å².